The number of carbonyl (C=O) groups is 3. The van der Waals surface area contributed by atoms with Crippen molar-refractivity contribution in [2.75, 3.05) is 26.8 Å². The largest absolute Gasteiger partial charge is 0.497 e. The third-order valence-corrected chi connectivity index (χ3v) is 6.32. The number of benzene rings is 2. The van der Waals surface area contributed by atoms with Crippen LogP contribution in [0.4, 0.5) is 5.69 Å². The molecule has 0 bridgehead atoms. The van der Waals surface area contributed by atoms with Crippen LogP contribution in [-0.4, -0.2) is 65.5 Å². The molecule has 10 nitrogen and oxygen atoms in total. The molecule has 0 radical (unpaired) electrons. The first-order valence-electron chi connectivity index (χ1n) is 12.4. The van der Waals surface area contributed by atoms with Crippen LogP contribution in [-0.2, 0) is 27.5 Å². The van der Waals surface area contributed by atoms with Gasteiger partial charge >= 0.3 is 5.97 Å². The Bertz CT molecular complexity index is 1160. The van der Waals surface area contributed by atoms with E-state index in [0.717, 1.165) is 41.8 Å². The van der Waals surface area contributed by atoms with Crippen LogP contribution in [0.2, 0.25) is 0 Å². The molecule has 2 amide bonds. The lowest BCUT2D eigenvalue weighted by Gasteiger charge is -2.24. The van der Waals surface area contributed by atoms with Gasteiger partial charge in [-0.3, -0.25) is 19.7 Å². The molecule has 2 heterocycles. The molecule has 4 rings (SSSR count). The third kappa shape index (κ3) is 6.99. The standard InChI is InChI=1S/C27H32N4O6/c1-36-20-12-10-19(11-13-20)15-30(18-26(34)35)25(33)9-4-2-3-5-14-37-23-8-6-7-22-21(23)16-31-17-24(32)29-27(31)28-22/h6-8,10-13H,2-5,9,14-18H2,1H3,(H,34,35)(H,28,29,32). The Balaban J connectivity index is 1.18. The SMILES string of the molecule is COc1ccc(CN(CC(=O)O)C(=O)CCCCCCOc2cccc3c2CN2CC(=O)NC2=N3)cc1. The summed E-state index contributed by atoms with van der Waals surface area (Å²) in [5.41, 5.74) is 2.64. The van der Waals surface area contributed by atoms with Gasteiger partial charge in [0.1, 0.15) is 24.6 Å². The summed E-state index contributed by atoms with van der Waals surface area (Å²) in [4.78, 5) is 43.4. The van der Waals surface area contributed by atoms with Crippen molar-refractivity contribution < 1.29 is 29.0 Å². The fourth-order valence-corrected chi connectivity index (χ4v) is 4.40. The highest BCUT2D eigenvalue weighted by Crippen LogP contribution is 2.34. The molecule has 2 aromatic rings. The van der Waals surface area contributed by atoms with Crippen LogP contribution in [0.25, 0.3) is 0 Å². The number of carboxylic acids is 1. The van der Waals surface area contributed by atoms with Gasteiger partial charge in [-0.05, 0) is 42.7 Å². The number of amides is 2. The number of rotatable bonds is 13. The third-order valence-electron chi connectivity index (χ3n) is 6.32. The van der Waals surface area contributed by atoms with Crippen LogP contribution in [0.5, 0.6) is 11.5 Å². The van der Waals surface area contributed by atoms with E-state index in [4.69, 9.17) is 9.47 Å². The molecular formula is C27H32N4O6. The number of guanidine groups is 1. The number of carbonyl (C=O) groups excluding carboxylic acids is 2. The summed E-state index contributed by atoms with van der Waals surface area (Å²) < 4.78 is 11.2. The monoisotopic (exact) mass is 508 g/mol. The number of methoxy groups -OCH3 is 1. The molecule has 0 saturated carbocycles. The molecule has 0 atom stereocenters. The lowest BCUT2D eigenvalue weighted by Crippen LogP contribution is -2.35. The number of carboxylic acid groups (broad SMARTS) is 1. The summed E-state index contributed by atoms with van der Waals surface area (Å²) >= 11 is 0. The fourth-order valence-electron chi connectivity index (χ4n) is 4.40. The van der Waals surface area contributed by atoms with Crippen LogP contribution >= 0.6 is 0 Å². The first-order chi connectivity index (χ1) is 17.9. The Hall–Kier alpha value is -4.08. The van der Waals surface area contributed by atoms with E-state index >= 15 is 0 Å². The number of ether oxygens (including phenoxy) is 2. The number of fused-ring (bicyclic) bond motifs is 2. The predicted molar refractivity (Wildman–Crippen MR) is 137 cm³/mol. The minimum absolute atomic E-state index is 0.0562. The zero-order valence-corrected chi connectivity index (χ0v) is 20.9. The van der Waals surface area contributed by atoms with Crippen molar-refractivity contribution in [3.05, 3.63) is 53.6 Å². The van der Waals surface area contributed by atoms with E-state index in [2.05, 4.69) is 10.3 Å². The molecule has 0 unspecified atom stereocenters. The van der Waals surface area contributed by atoms with E-state index in [1.165, 1.54) is 4.90 Å². The smallest absolute Gasteiger partial charge is 0.323 e. The Morgan fingerprint density at radius 2 is 1.86 bits per heavy atom. The van der Waals surface area contributed by atoms with Gasteiger partial charge in [-0.15, -0.1) is 0 Å². The second-order valence-corrected chi connectivity index (χ2v) is 9.10. The van der Waals surface area contributed by atoms with Crippen molar-refractivity contribution >= 4 is 29.4 Å². The Morgan fingerprint density at radius 3 is 2.62 bits per heavy atom. The van der Waals surface area contributed by atoms with E-state index in [-0.39, 0.29) is 24.9 Å². The fraction of sp³-hybridized carbons (Fsp3) is 0.407. The average molecular weight is 509 g/mol. The van der Waals surface area contributed by atoms with E-state index in [1.54, 1.807) is 19.2 Å². The van der Waals surface area contributed by atoms with E-state index in [1.807, 2.05) is 35.2 Å². The maximum atomic E-state index is 12.7. The molecule has 1 fully saturated rings. The Morgan fingerprint density at radius 1 is 1.08 bits per heavy atom. The number of unbranched alkanes of at least 4 members (excludes halogenated alkanes) is 3. The highest BCUT2D eigenvalue weighted by Gasteiger charge is 2.30. The molecule has 196 valence electrons. The van der Waals surface area contributed by atoms with Gasteiger partial charge in [-0.2, -0.15) is 0 Å². The van der Waals surface area contributed by atoms with Crippen LogP contribution < -0.4 is 14.8 Å². The second kappa shape index (κ2) is 12.2. The van der Waals surface area contributed by atoms with Gasteiger partial charge in [-0.1, -0.05) is 31.0 Å². The zero-order valence-electron chi connectivity index (χ0n) is 20.9. The minimum atomic E-state index is -1.03. The maximum Gasteiger partial charge on any atom is 0.323 e. The molecule has 1 saturated heterocycles. The van der Waals surface area contributed by atoms with E-state index in [0.29, 0.717) is 44.2 Å². The van der Waals surface area contributed by atoms with Gasteiger partial charge in [0, 0.05) is 18.5 Å². The average Bonchev–Trinajstić information content (AvgIpc) is 3.25. The van der Waals surface area contributed by atoms with E-state index < -0.39 is 5.97 Å². The van der Waals surface area contributed by atoms with Crippen LogP contribution in [0.15, 0.2) is 47.5 Å². The Kier molecular flexibility index (Phi) is 8.60. The van der Waals surface area contributed by atoms with Crippen molar-refractivity contribution in [3.8, 4) is 11.5 Å². The lowest BCUT2D eigenvalue weighted by molar-refractivity contribution is -0.145. The van der Waals surface area contributed by atoms with Crippen molar-refractivity contribution in [1.29, 1.82) is 0 Å². The first-order valence-corrected chi connectivity index (χ1v) is 12.4. The lowest BCUT2D eigenvalue weighted by atomic mass is 10.1. The highest BCUT2D eigenvalue weighted by atomic mass is 16.5. The number of aliphatic imine (C=N–C) groups is 1. The summed E-state index contributed by atoms with van der Waals surface area (Å²) in [5.74, 6) is 0.822. The molecule has 2 aromatic carbocycles. The summed E-state index contributed by atoms with van der Waals surface area (Å²) in [6.07, 6.45) is 3.57. The van der Waals surface area contributed by atoms with Gasteiger partial charge in [0.25, 0.3) is 0 Å². The summed E-state index contributed by atoms with van der Waals surface area (Å²) in [6, 6.07) is 13.0. The molecule has 10 heteroatoms. The van der Waals surface area contributed by atoms with E-state index in [9.17, 15) is 19.5 Å². The minimum Gasteiger partial charge on any atom is -0.497 e. The van der Waals surface area contributed by atoms with Crippen LogP contribution in [0, 0.1) is 0 Å². The Labute approximate surface area is 215 Å². The summed E-state index contributed by atoms with van der Waals surface area (Å²) in [5, 5.41) is 12.0. The molecule has 0 spiro atoms. The predicted octanol–water partition coefficient (Wildman–Crippen LogP) is 3.07. The van der Waals surface area contributed by atoms with Gasteiger partial charge in [0.15, 0.2) is 0 Å². The topological polar surface area (TPSA) is 121 Å². The molecule has 2 N–H and O–H groups in total. The first kappa shape index (κ1) is 26.0. The highest BCUT2D eigenvalue weighted by molar-refractivity contribution is 6.05. The number of aliphatic carboxylic acids is 1. The zero-order chi connectivity index (χ0) is 26.2. The molecular weight excluding hydrogens is 476 g/mol. The normalized spacial score (nSPS) is 13.8. The van der Waals surface area contributed by atoms with Crippen molar-refractivity contribution in [2.45, 2.75) is 45.2 Å². The van der Waals surface area contributed by atoms with Crippen molar-refractivity contribution in [1.82, 2.24) is 15.1 Å². The molecule has 2 aliphatic heterocycles. The van der Waals surface area contributed by atoms with Gasteiger partial charge in [0.2, 0.25) is 17.8 Å². The quantitative estimate of drug-likeness (QED) is 0.399. The molecule has 37 heavy (non-hydrogen) atoms. The van der Waals surface area contributed by atoms with Crippen LogP contribution in [0.1, 0.15) is 43.2 Å². The number of nitrogens with zero attached hydrogens (tertiary/aromatic N) is 3. The van der Waals surface area contributed by atoms with Gasteiger partial charge in [0.05, 0.1) is 25.9 Å². The van der Waals surface area contributed by atoms with Gasteiger partial charge in [-0.25, -0.2) is 4.99 Å². The number of hydrogen-bond acceptors (Lipinski definition) is 7. The molecule has 2 aliphatic rings. The second-order valence-electron chi connectivity index (χ2n) is 9.10. The molecule has 0 aliphatic carbocycles. The van der Waals surface area contributed by atoms with Gasteiger partial charge < -0.3 is 24.4 Å². The van der Waals surface area contributed by atoms with Crippen molar-refractivity contribution in [3.63, 3.8) is 0 Å². The number of hydrogen-bond donors (Lipinski definition) is 2. The maximum absolute atomic E-state index is 12.7. The number of nitrogens with one attached hydrogen (secondary N) is 1. The van der Waals surface area contributed by atoms with Crippen LogP contribution in [0.3, 0.4) is 0 Å². The van der Waals surface area contributed by atoms with Crippen molar-refractivity contribution in [2.24, 2.45) is 4.99 Å². The summed E-state index contributed by atoms with van der Waals surface area (Å²) in [7, 11) is 1.58. The molecule has 0 aromatic heterocycles. The summed E-state index contributed by atoms with van der Waals surface area (Å²) in [6.45, 7) is 1.34.